The van der Waals surface area contributed by atoms with Gasteiger partial charge in [0.15, 0.2) is 17.4 Å². The lowest BCUT2D eigenvalue weighted by Crippen LogP contribution is -2.25. The van der Waals surface area contributed by atoms with Crippen molar-refractivity contribution in [2.45, 2.75) is 45.6 Å². The number of benzene rings is 1. The number of hydrogen-bond donors (Lipinski definition) is 1. The summed E-state index contributed by atoms with van der Waals surface area (Å²) in [6.45, 7) is 3.41. The number of ether oxygens (including phenoxy) is 2. The molecule has 1 saturated carbocycles. The number of aryl methyl sites for hydroxylation is 1. The van der Waals surface area contributed by atoms with Crippen molar-refractivity contribution in [2.24, 2.45) is 5.92 Å². The van der Waals surface area contributed by atoms with Crippen LogP contribution in [0.5, 0.6) is 11.6 Å². The summed E-state index contributed by atoms with van der Waals surface area (Å²) in [5, 5.41) is 8.75. The summed E-state index contributed by atoms with van der Waals surface area (Å²) in [4.78, 5) is 15.1. The van der Waals surface area contributed by atoms with Crippen LogP contribution < -0.4 is 9.47 Å². The van der Waals surface area contributed by atoms with Crippen molar-refractivity contribution in [3.8, 4) is 22.9 Å². The minimum Gasteiger partial charge on any atom is -0.487 e. The highest BCUT2D eigenvalue weighted by atomic mass is 19.1. The van der Waals surface area contributed by atoms with Gasteiger partial charge in [-0.2, -0.15) is 0 Å². The van der Waals surface area contributed by atoms with E-state index in [0.717, 1.165) is 37.0 Å². The average molecular weight is 391 g/mol. The average Bonchev–Trinajstić information content (AvgIpc) is 2.56. The van der Waals surface area contributed by atoms with Gasteiger partial charge in [-0.05, 0) is 49.9 Å². The lowest BCUT2D eigenvalue weighted by molar-refractivity contribution is -0.138. The number of nitrogens with zero attached hydrogens (tertiary/aromatic N) is 1. The highest BCUT2D eigenvalue weighted by Gasteiger charge is 2.21. The number of halogens is 2. The second kappa shape index (κ2) is 8.54. The van der Waals surface area contributed by atoms with Crippen LogP contribution in [0.2, 0.25) is 0 Å². The maximum absolute atomic E-state index is 14.4. The van der Waals surface area contributed by atoms with Gasteiger partial charge in [0.1, 0.15) is 6.10 Å². The van der Waals surface area contributed by atoms with Gasteiger partial charge in [0.05, 0.1) is 18.7 Å². The first-order valence-corrected chi connectivity index (χ1v) is 9.31. The zero-order chi connectivity index (χ0) is 20.3. The molecular weight excluding hydrogens is 368 g/mol. The van der Waals surface area contributed by atoms with Gasteiger partial charge in [0.25, 0.3) is 0 Å². The Kier molecular flexibility index (Phi) is 6.11. The molecule has 1 aromatic heterocycles. The Labute approximate surface area is 162 Å². The summed E-state index contributed by atoms with van der Waals surface area (Å²) in [5.74, 6) is -3.15. The van der Waals surface area contributed by atoms with Crippen LogP contribution in [0.4, 0.5) is 8.78 Å². The van der Waals surface area contributed by atoms with Crippen LogP contribution in [0, 0.1) is 24.5 Å². The van der Waals surface area contributed by atoms with Crippen LogP contribution in [0.3, 0.4) is 0 Å². The lowest BCUT2D eigenvalue weighted by Gasteiger charge is -2.26. The first-order valence-electron chi connectivity index (χ1n) is 9.31. The number of rotatable bonds is 8. The minimum absolute atomic E-state index is 0.0957. The molecule has 2 aromatic rings. The number of hydrogen-bond acceptors (Lipinski definition) is 4. The number of carboxylic acids is 1. The van der Waals surface area contributed by atoms with Gasteiger partial charge in [-0.15, -0.1) is 0 Å². The van der Waals surface area contributed by atoms with E-state index in [9.17, 15) is 13.6 Å². The van der Waals surface area contributed by atoms with Crippen LogP contribution in [0.15, 0.2) is 24.3 Å². The molecule has 0 radical (unpaired) electrons. The fourth-order valence-corrected chi connectivity index (χ4v) is 2.93. The molecule has 1 atom stereocenters. The van der Waals surface area contributed by atoms with Crippen LogP contribution in [0.25, 0.3) is 11.3 Å². The second-order valence-electron chi connectivity index (χ2n) is 7.32. The first-order chi connectivity index (χ1) is 13.3. The van der Waals surface area contributed by atoms with E-state index < -0.39 is 23.4 Å². The van der Waals surface area contributed by atoms with Gasteiger partial charge >= 0.3 is 5.97 Å². The Morgan fingerprint density at radius 2 is 1.93 bits per heavy atom. The molecule has 1 fully saturated rings. The van der Waals surface area contributed by atoms with Gasteiger partial charge in [-0.25, -0.2) is 13.8 Å². The molecule has 1 aromatic carbocycles. The Morgan fingerprint density at radius 1 is 1.25 bits per heavy atom. The van der Waals surface area contributed by atoms with E-state index in [-0.39, 0.29) is 30.6 Å². The van der Waals surface area contributed by atoms with Gasteiger partial charge < -0.3 is 14.6 Å². The number of aromatic nitrogens is 1. The maximum Gasteiger partial charge on any atom is 0.303 e. The molecule has 0 amide bonds. The van der Waals surface area contributed by atoms with Gasteiger partial charge in [-0.3, -0.25) is 4.79 Å². The molecule has 0 saturated heterocycles. The van der Waals surface area contributed by atoms with Crippen LogP contribution >= 0.6 is 0 Å². The third kappa shape index (κ3) is 4.97. The van der Waals surface area contributed by atoms with Crippen LogP contribution in [-0.4, -0.2) is 28.8 Å². The van der Waals surface area contributed by atoms with Crippen LogP contribution in [0.1, 0.15) is 38.2 Å². The summed E-state index contributed by atoms with van der Waals surface area (Å²) < 4.78 is 39.9. The third-order valence-corrected chi connectivity index (χ3v) is 4.62. The third-order valence-electron chi connectivity index (χ3n) is 4.62. The molecule has 150 valence electrons. The summed E-state index contributed by atoms with van der Waals surface area (Å²) >= 11 is 0. The molecule has 3 rings (SSSR count). The van der Waals surface area contributed by atoms with Crippen molar-refractivity contribution in [2.75, 3.05) is 6.61 Å². The van der Waals surface area contributed by atoms with E-state index in [4.69, 9.17) is 14.6 Å². The largest absolute Gasteiger partial charge is 0.487 e. The standard InChI is InChI=1S/C21H23F2NO4/c1-12-6-18(24-19(7-12)28-15-4-3-5-15)14-9-16(22)21(17(23)10-14)27-11-13(2)8-20(25)26/h6-7,9-10,13,15H,3-5,8,11H2,1-2H3,(H,25,26). The van der Waals surface area contributed by atoms with Crippen molar-refractivity contribution >= 4 is 5.97 Å². The van der Waals surface area contributed by atoms with Gasteiger partial charge in [0, 0.05) is 17.5 Å². The monoisotopic (exact) mass is 391 g/mol. The fourth-order valence-electron chi connectivity index (χ4n) is 2.93. The molecule has 7 heteroatoms. The van der Waals surface area contributed by atoms with E-state index >= 15 is 0 Å². The van der Waals surface area contributed by atoms with Crippen molar-refractivity contribution in [1.29, 1.82) is 0 Å². The molecule has 1 aliphatic carbocycles. The lowest BCUT2D eigenvalue weighted by atomic mass is 9.96. The number of carboxylic acid groups (broad SMARTS) is 1. The predicted molar refractivity (Wildman–Crippen MR) is 99.5 cm³/mol. The summed E-state index contributed by atoms with van der Waals surface area (Å²) in [5.41, 5.74) is 1.57. The molecule has 1 aliphatic rings. The van der Waals surface area contributed by atoms with Crippen molar-refractivity contribution in [1.82, 2.24) is 4.98 Å². The van der Waals surface area contributed by atoms with Crippen molar-refractivity contribution in [3.63, 3.8) is 0 Å². The molecule has 0 spiro atoms. The van der Waals surface area contributed by atoms with E-state index in [1.165, 1.54) is 0 Å². The minimum atomic E-state index is -0.988. The Morgan fingerprint density at radius 3 is 2.50 bits per heavy atom. The Hall–Kier alpha value is -2.70. The van der Waals surface area contributed by atoms with E-state index in [1.54, 1.807) is 19.1 Å². The topological polar surface area (TPSA) is 68.7 Å². The van der Waals surface area contributed by atoms with Crippen LogP contribution in [-0.2, 0) is 4.79 Å². The zero-order valence-corrected chi connectivity index (χ0v) is 15.9. The highest BCUT2D eigenvalue weighted by Crippen LogP contribution is 2.31. The SMILES string of the molecule is Cc1cc(OC2CCC2)nc(-c2cc(F)c(OCC(C)CC(=O)O)c(F)c2)c1. The summed E-state index contributed by atoms with van der Waals surface area (Å²) in [6, 6.07) is 5.86. The predicted octanol–water partition coefficient (Wildman–Crippen LogP) is 4.76. The molecular formula is C21H23F2NO4. The van der Waals surface area contributed by atoms with E-state index in [0.29, 0.717) is 11.6 Å². The number of pyridine rings is 1. The molecule has 0 aliphatic heterocycles. The fraction of sp³-hybridized carbons (Fsp3) is 0.429. The summed E-state index contributed by atoms with van der Waals surface area (Å²) in [6.07, 6.45) is 3.12. The quantitative estimate of drug-likeness (QED) is 0.703. The first kappa shape index (κ1) is 20.0. The van der Waals surface area contributed by atoms with Crippen molar-refractivity contribution in [3.05, 3.63) is 41.5 Å². The Balaban J connectivity index is 1.79. The smallest absolute Gasteiger partial charge is 0.303 e. The van der Waals surface area contributed by atoms with Crippen molar-refractivity contribution < 1.29 is 28.2 Å². The molecule has 1 N–H and O–H groups in total. The van der Waals surface area contributed by atoms with Gasteiger partial charge in [-0.1, -0.05) is 6.92 Å². The molecule has 28 heavy (non-hydrogen) atoms. The highest BCUT2D eigenvalue weighted by molar-refractivity contribution is 5.67. The Bertz CT molecular complexity index is 844. The second-order valence-corrected chi connectivity index (χ2v) is 7.32. The number of aliphatic carboxylic acids is 1. The zero-order valence-electron chi connectivity index (χ0n) is 15.9. The molecule has 1 heterocycles. The van der Waals surface area contributed by atoms with E-state index in [2.05, 4.69) is 4.98 Å². The van der Waals surface area contributed by atoms with E-state index in [1.807, 2.05) is 6.92 Å². The molecule has 1 unspecified atom stereocenters. The molecule has 0 bridgehead atoms. The van der Waals surface area contributed by atoms with Gasteiger partial charge in [0.2, 0.25) is 5.88 Å². The normalized spacial score (nSPS) is 15.0. The summed E-state index contributed by atoms with van der Waals surface area (Å²) in [7, 11) is 0. The number of carbonyl (C=O) groups is 1. The maximum atomic E-state index is 14.4. The molecule has 5 nitrogen and oxygen atoms in total.